The van der Waals surface area contributed by atoms with Crippen molar-refractivity contribution < 1.29 is 9.13 Å². The Kier molecular flexibility index (Phi) is 6.09. The van der Waals surface area contributed by atoms with Crippen molar-refractivity contribution >= 4 is 15.9 Å². The van der Waals surface area contributed by atoms with Crippen LogP contribution in [-0.4, -0.2) is 19.7 Å². The Hall–Kier alpha value is -0.610. The molecule has 0 fully saturated rings. The summed E-state index contributed by atoms with van der Waals surface area (Å²) >= 11 is 3.11. The molecule has 1 aromatic carbocycles. The maximum Gasteiger partial charge on any atom is 0.141 e. The molecule has 1 N–H and O–H groups in total. The predicted octanol–water partition coefficient (Wildman–Crippen LogP) is 3.99. The van der Waals surface area contributed by atoms with Crippen molar-refractivity contribution in [1.82, 2.24) is 5.32 Å². The molecular formula is C14H21BrFNO. The van der Waals surface area contributed by atoms with Gasteiger partial charge < -0.3 is 10.1 Å². The van der Waals surface area contributed by atoms with Crippen molar-refractivity contribution in [2.75, 3.05) is 19.7 Å². The van der Waals surface area contributed by atoms with Crippen LogP contribution in [0.2, 0.25) is 0 Å². The summed E-state index contributed by atoms with van der Waals surface area (Å²) in [7, 11) is 0. The van der Waals surface area contributed by atoms with E-state index in [1.807, 2.05) is 0 Å². The van der Waals surface area contributed by atoms with Crippen molar-refractivity contribution in [2.45, 2.75) is 27.2 Å². The molecular weight excluding hydrogens is 297 g/mol. The third-order valence-corrected chi connectivity index (χ3v) is 3.13. The number of ether oxygens (including phenoxy) is 1. The fourth-order valence-electron chi connectivity index (χ4n) is 1.40. The Morgan fingerprint density at radius 1 is 1.28 bits per heavy atom. The van der Waals surface area contributed by atoms with E-state index in [4.69, 9.17) is 4.74 Å². The molecule has 0 atom stereocenters. The highest BCUT2D eigenvalue weighted by Gasteiger charge is 2.08. The number of rotatable bonds is 6. The molecule has 0 radical (unpaired) electrons. The summed E-state index contributed by atoms with van der Waals surface area (Å²) in [6.07, 6.45) is 1.12. The number of benzene rings is 1. The van der Waals surface area contributed by atoms with Crippen LogP contribution in [0, 0.1) is 11.2 Å². The standard InChI is InChI=1S/C14H21BrFNO/c1-14(2,3)6-7-17-8-9-18-11-4-5-12(15)13(16)10-11/h4-5,10,17H,6-9H2,1-3H3. The van der Waals surface area contributed by atoms with Crippen LogP contribution in [0.1, 0.15) is 27.2 Å². The van der Waals surface area contributed by atoms with Crippen LogP contribution >= 0.6 is 15.9 Å². The highest BCUT2D eigenvalue weighted by atomic mass is 79.9. The van der Waals surface area contributed by atoms with Crippen LogP contribution in [-0.2, 0) is 0 Å². The second-order valence-electron chi connectivity index (χ2n) is 5.49. The van der Waals surface area contributed by atoms with Gasteiger partial charge in [0.25, 0.3) is 0 Å². The lowest BCUT2D eigenvalue weighted by atomic mass is 9.92. The topological polar surface area (TPSA) is 21.3 Å². The van der Waals surface area contributed by atoms with Gasteiger partial charge in [-0.3, -0.25) is 0 Å². The minimum Gasteiger partial charge on any atom is -0.492 e. The summed E-state index contributed by atoms with van der Waals surface area (Å²) in [6, 6.07) is 4.79. The predicted molar refractivity (Wildman–Crippen MR) is 76.5 cm³/mol. The molecule has 0 heterocycles. The minimum absolute atomic E-state index is 0.298. The summed E-state index contributed by atoms with van der Waals surface area (Å²) in [5.41, 5.74) is 0.350. The zero-order chi connectivity index (χ0) is 13.6. The van der Waals surface area contributed by atoms with Gasteiger partial charge in [0.2, 0.25) is 0 Å². The zero-order valence-electron chi connectivity index (χ0n) is 11.2. The number of hydrogen-bond donors (Lipinski definition) is 1. The number of nitrogens with one attached hydrogen (secondary N) is 1. The Morgan fingerprint density at radius 2 is 2.00 bits per heavy atom. The SMILES string of the molecule is CC(C)(C)CCNCCOc1ccc(Br)c(F)c1. The van der Waals surface area contributed by atoms with E-state index in [1.54, 1.807) is 12.1 Å². The van der Waals surface area contributed by atoms with Crippen LogP contribution in [0.25, 0.3) is 0 Å². The van der Waals surface area contributed by atoms with E-state index in [1.165, 1.54) is 6.07 Å². The summed E-state index contributed by atoms with van der Waals surface area (Å²) in [4.78, 5) is 0. The van der Waals surface area contributed by atoms with Crippen molar-refractivity contribution in [3.63, 3.8) is 0 Å². The van der Waals surface area contributed by atoms with Gasteiger partial charge in [0, 0.05) is 12.6 Å². The summed E-state index contributed by atoms with van der Waals surface area (Å²) < 4.78 is 19.1. The van der Waals surface area contributed by atoms with Crippen LogP contribution in [0.3, 0.4) is 0 Å². The van der Waals surface area contributed by atoms with E-state index >= 15 is 0 Å². The van der Waals surface area contributed by atoms with E-state index in [2.05, 4.69) is 42.0 Å². The summed E-state index contributed by atoms with van der Waals surface area (Å²) in [6.45, 7) is 8.95. The first-order valence-electron chi connectivity index (χ1n) is 6.17. The van der Waals surface area contributed by atoms with Gasteiger partial charge in [-0.25, -0.2) is 4.39 Å². The van der Waals surface area contributed by atoms with Gasteiger partial charge in [0.15, 0.2) is 0 Å². The van der Waals surface area contributed by atoms with Crippen molar-refractivity contribution in [3.8, 4) is 5.75 Å². The summed E-state index contributed by atoms with van der Waals surface area (Å²) in [5.74, 6) is 0.265. The lowest BCUT2D eigenvalue weighted by Gasteiger charge is -2.18. The Bertz CT molecular complexity index is 377. The highest BCUT2D eigenvalue weighted by Crippen LogP contribution is 2.20. The zero-order valence-corrected chi connectivity index (χ0v) is 12.8. The molecule has 18 heavy (non-hydrogen) atoms. The molecule has 0 spiro atoms. The molecule has 102 valence electrons. The second kappa shape index (κ2) is 7.10. The highest BCUT2D eigenvalue weighted by molar-refractivity contribution is 9.10. The lowest BCUT2D eigenvalue weighted by molar-refractivity contribution is 0.303. The molecule has 0 aromatic heterocycles. The average molecular weight is 318 g/mol. The second-order valence-corrected chi connectivity index (χ2v) is 6.34. The Morgan fingerprint density at radius 3 is 2.61 bits per heavy atom. The maximum atomic E-state index is 13.2. The first kappa shape index (κ1) is 15.4. The molecule has 0 unspecified atom stereocenters. The molecule has 0 saturated heterocycles. The fourth-order valence-corrected chi connectivity index (χ4v) is 1.64. The fraction of sp³-hybridized carbons (Fsp3) is 0.571. The third kappa shape index (κ3) is 6.36. The van der Waals surface area contributed by atoms with E-state index in [0.717, 1.165) is 19.5 Å². The van der Waals surface area contributed by atoms with Gasteiger partial charge in [0.1, 0.15) is 18.2 Å². The van der Waals surface area contributed by atoms with Gasteiger partial charge >= 0.3 is 0 Å². The first-order valence-corrected chi connectivity index (χ1v) is 6.96. The maximum absolute atomic E-state index is 13.2. The van der Waals surface area contributed by atoms with Crippen LogP contribution in [0.4, 0.5) is 4.39 Å². The molecule has 1 rings (SSSR count). The average Bonchev–Trinajstić information content (AvgIpc) is 2.26. The summed E-state index contributed by atoms with van der Waals surface area (Å²) in [5, 5.41) is 3.31. The van der Waals surface area contributed by atoms with Gasteiger partial charge in [-0.1, -0.05) is 20.8 Å². The molecule has 0 bridgehead atoms. The van der Waals surface area contributed by atoms with Crippen LogP contribution < -0.4 is 10.1 Å². The van der Waals surface area contributed by atoms with Crippen molar-refractivity contribution in [3.05, 3.63) is 28.5 Å². The number of hydrogen-bond acceptors (Lipinski definition) is 2. The number of halogens is 2. The minimum atomic E-state index is -0.298. The molecule has 0 aliphatic heterocycles. The van der Waals surface area contributed by atoms with Crippen molar-refractivity contribution in [2.24, 2.45) is 5.41 Å². The smallest absolute Gasteiger partial charge is 0.141 e. The van der Waals surface area contributed by atoms with E-state index in [-0.39, 0.29) is 5.82 Å². The molecule has 0 saturated carbocycles. The third-order valence-electron chi connectivity index (χ3n) is 2.49. The van der Waals surface area contributed by atoms with Crippen LogP contribution in [0.15, 0.2) is 22.7 Å². The molecule has 0 aliphatic rings. The monoisotopic (exact) mass is 317 g/mol. The largest absolute Gasteiger partial charge is 0.492 e. The Labute approximate surface area is 117 Å². The van der Waals surface area contributed by atoms with Gasteiger partial charge in [-0.15, -0.1) is 0 Å². The van der Waals surface area contributed by atoms with Gasteiger partial charge in [0.05, 0.1) is 4.47 Å². The normalized spacial score (nSPS) is 11.6. The van der Waals surface area contributed by atoms with E-state index in [9.17, 15) is 4.39 Å². The molecule has 0 amide bonds. The van der Waals surface area contributed by atoms with E-state index in [0.29, 0.717) is 22.2 Å². The first-order chi connectivity index (χ1) is 8.38. The molecule has 4 heteroatoms. The molecule has 0 aliphatic carbocycles. The van der Waals surface area contributed by atoms with Crippen LogP contribution in [0.5, 0.6) is 5.75 Å². The van der Waals surface area contributed by atoms with Crippen molar-refractivity contribution in [1.29, 1.82) is 0 Å². The lowest BCUT2D eigenvalue weighted by Crippen LogP contribution is -2.25. The van der Waals surface area contributed by atoms with E-state index < -0.39 is 0 Å². The Balaban J connectivity index is 2.16. The molecule has 2 nitrogen and oxygen atoms in total. The van der Waals surface area contributed by atoms with Gasteiger partial charge in [-0.05, 0) is 46.4 Å². The molecule has 1 aromatic rings. The quantitative estimate of drug-likeness (QED) is 0.801. The van der Waals surface area contributed by atoms with Gasteiger partial charge in [-0.2, -0.15) is 0 Å².